The second kappa shape index (κ2) is 6.50. The summed E-state index contributed by atoms with van der Waals surface area (Å²) >= 11 is 0. The summed E-state index contributed by atoms with van der Waals surface area (Å²) in [5.74, 6) is -29.6. The van der Waals surface area contributed by atoms with Crippen LogP contribution in [0, 0.1) is 0 Å². The topological polar surface area (TPSA) is 0 Å². The molecule has 0 spiro atoms. The summed E-state index contributed by atoms with van der Waals surface area (Å²) in [5.41, 5.74) is -7.68. The van der Waals surface area contributed by atoms with Crippen LogP contribution in [0.4, 0.5) is 79.0 Å². The van der Waals surface area contributed by atoms with E-state index in [1.165, 1.54) is 0 Å². The molecule has 168 valence electrons. The van der Waals surface area contributed by atoms with E-state index in [0.29, 0.717) is 0 Å². The molecule has 28 heavy (non-hydrogen) atoms. The lowest BCUT2D eigenvalue weighted by atomic mass is 9.94. The fourth-order valence-electron chi connectivity index (χ4n) is 1.35. The highest BCUT2D eigenvalue weighted by atomic mass is 19.4. The van der Waals surface area contributed by atoms with Gasteiger partial charge in [-0.25, -0.2) is 4.39 Å². The van der Waals surface area contributed by atoms with Crippen molar-refractivity contribution in [1.29, 1.82) is 0 Å². The highest BCUT2D eigenvalue weighted by Crippen LogP contribution is 2.57. The van der Waals surface area contributed by atoms with Gasteiger partial charge in [-0.15, -0.1) is 0 Å². The standard InChI is InChI=1S/C10H2F18/c11-3(12,5(15,8(20,21)22)9(23,24)25)1-2-4(13,14)6(16,17)7(18,19)10(26,27)28/h1-2H/b2-1+. The monoisotopic (exact) mass is 464 g/mol. The third-order valence-electron chi connectivity index (χ3n) is 2.91. The molecular formula is C10H2F18. The molecular weight excluding hydrogens is 462 g/mol. The number of allylic oxidation sites excluding steroid dienone is 2. The minimum atomic E-state index is -7.68. The second-order valence-corrected chi connectivity index (χ2v) is 4.88. The normalized spacial score (nSPS) is 16.8. The van der Waals surface area contributed by atoms with Crippen molar-refractivity contribution in [3.63, 3.8) is 0 Å². The van der Waals surface area contributed by atoms with Gasteiger partial charge in [0.2, 0.25) is 0 Å². The van der Waals surface area contributed by atoms with Crippen molar-refractivity contribution in [2.45, 2.75) is 47.9 Å². The average molecular weight is 464 g/mol. The summed E-state index contributed by atoms with van der Waals surface area (Å²) in [6.07, 6.45) is -27.7. The predicted octanol–water partition coefficient (Wildman–Crippen LogP) is 6.48. The maximum Gasteiger partial charge on any atom is 0.460 e. The Balaban J connectivity index is 6.38. The molecule has 0 aliphatic rings. The molecule has 0 bridgehead atoms. The molecule has 0 aromatic carbocycles. The summed E-state index contributed by atoms with van der Waals surface area (Å²) in [4.78, 5) is 0. The van der Waals surface area contributed by atoms with Gasteiger partial charge in [-0.05, 0) is 12.2 Å². The van der Waals surface area contributed by atoms with Crippen LogP contribution >= 0.6 is 0 Å². The Labute approximate surface area is 140 Å². The SMILES string of the molecule is FC(F)(F)C(F)(F)C(F)(F)C(F)(F)/C=C/C(F)(F)C(F)(C(F)(F)F)C(F)(F)F. The molecule has 0 nitrogen and oxygen atoms in total. The van der Waals surface area contributed by atoms with Crippen LogP contribution in [0.1, 0.15) is 0 Å². The maximum absolute atomic E-state index is 13.1. The first-order valence-electron chi connectivity index (χ1n) is 5.81. The third kappa shape index (κ3) is 3.81. The van der Waals surface area contributed by atoms with Crippen LogP contribution in [0.3, 0.4) is 0 Å². The number of hydrogen-bond donors (Lipinski definition) is 0. The van der Waals surface area contributed by atoms with E-state index in [0.717, 1.165) is 0 Å². The first-order chi connectivity index (χ1) is 11.7. The zero-order chi connectivity index (χ0) is 23.4. The third-order valence-corrected chi connectivity index (χ3v) is 2.91. The van der Waals surface area contributed by atoms with Gasteiger partial charge in [0, 0.05) is 0 Å². The van der Waals surface area contributed by atoms with E-state index in [9.17, 15) is 79.0 Å². The van der Waals surface area contributed by atoms with E-state index in [1.807, 2.05) is 0 Å². The van der Waals surface area contributed by atoms with Gasteiger partial charge >= 0.3 is 47.9 Å². The van der Waals surface area contributed by atoms with Crippen LogP contribution < -0.4 is 0 Å². The molecule has 0 radical (unpaired) electrons. The zero-order valence-corrected chi connectivity index (χ0v) is 12.0. The average Bonchev–Trinajstić information content (AvgIpc) is 2.40. The van der Waals surface area contributed by atoms with E-state index in [4.69, 9.17) is 0 Å². The highest BCUT2D eigenvalue weighted by Gasteiger charge is 2.84. The lowest BCUT2D eigenvalue weighted by Crippen LogP contribution is -2.64. The molecule has 0 fully saturated rings. The van der Waals surface area contributed by atoms with E-state index >= 15 is 0 Å². The summed E-state index contributed by atoms with van der Waals surface area (Å²) < 4.78 is 223. The lowest BCUT2D eigenvalue weighted by molar-refractivity contribution is -0.390. The van der Waals surface area contributed by atoms with Crippen molar-refractivity contribution in [2.24, 2.45) is 0 Å². The van der Waals surface area contributed by atoms with Crippen molar-refractivity contribution in [3.8, 4) is 0 Å². The molecule has 0 unspecified atom stereocenters. The second-order valence-electron chi connectivity index (χ2n) is 4.88. The van der Waals surface area contributed by atoms with Crippen LogP contribution in [0.2, 0.25) is 0 Å². The number of halogens is 18. The molecule has 0 heterocycles. The van der Waals surface area contributed by atoms with Gasteiger partial charge in [0.25, 0.3) is 0 Å². The zero-order valence-electron chi connectivity index (χ0n) is 12.0. The number of alkyl halides is 18. The Morgan fingerprint density at radius 1 is 0.321 bits per heavy atom. The molecule has 0 N–H and O–H groups in total. The van der Waals surface area contributed by atoms with E-state index < -0.39 is 60.0 Å². The molecule has 0 aromatic heterocycles. The molecule has 0 aromatic rings. The smallest absolute Gasteiger partial charge is 0.216 e. The Morgan fingerprint density at radius 2 is 0.607 bits per heavy atom. The largest absolute Gasteiger partial charge is 0.460 e. The molecule has 18 heteroatoms. The molecule has 0 aliphatic heterocycles. The summed E-state index contributed by atoms with van der Waals surface area (Å²) in [6.45, 7) is 0. The Bertz CT molecular complexity index is 569. The quantitative estimate of drug-likeness (QED) is 0.323. The van der Waals surface area contributed by atoms with Crippen molar-refractivity contribution in [3.05, 3.63) is 12.2 Å². The summed E-state index contributed by atoms with van der Waals surface area (Å²) in [5, 5.41) is 0. The number of rotatable bonds is 5. The van der Waals surface area contributed by atoms with E-state index in [1.54, 1.807) is 0 Å². The van der Waals surface area contributed by atoms with Crippen LogP contribution in [0.5, 0.6) is 0 Å². The first kappa shape index (κ1) is 26.5. The molecule has 0 amide bonds. The minimum absolute atomic E-state index is 2.52. The first-order valence-corrected chi connectivity index (χ1v) is 5.81. The van der Waals surface area contributed by atoms with Crippen LogP contribution in [0.25, 0.3) is 0 Å². The van der Waals surface area contributed by atoms with Gasteiger partial charge in [-0.2, -0.15) is 74.6 Å². The Hall–Kier alpha value is -1.52. The van der Waals surface area contributed by atoms with Gasteiger partial charge in [-0.1, -0.05) is 0 Å². The van der Waals surface area contributed by atoms with Gasteiger partial charge in [0.1, 0.15) is 0 Å². The van der Waals surface area contributed by atoms with Gasteiger partial charge in [0.05, 0.1) is 0 Å². The Kier molecular flexibility index (Phi) is 6.14. The van der Waals surface area contributed by atoms with Crippen molar-refractivity contribution < 1.29 is 79.0 Å². The fourth-order valence-corrected chi connectivity index (χ4v) is 1.35. The molecule has 0 saturated carbocycles. The molecule has 0 rings (SSSR count). The highest BCUT2D eigenvalue weighted by molar-refractivity contribution is 5.19. The van der Waals surface area contributed by atoms with Crippen molar-refractivity contribution in [1.82, 2.24) is 0 Å². The fraction of sp³-hybridized carbons (Fsp3) is 0.800. The minimum Gasteiger partial charge on any atom is -0.216 e. The lowest BCUT2D eigenvalue weighted by Gasteiger charge is -2.35. The summed E-state index contributed by atoms with van der Waals surface area (Å²) in [7, 11) is 0. The number of hydrogen-bond acceptors (Lipinski definition) is 0. The van der Waals surface area contributed by atoms with Gasteiger partial charge in [-0.3, -0.25) is 0 Å². The Morgan fingerprint density at radius 3 is 0.857 bits per heavy atom. The molecule has 0 aliphatic carbocycles. The van der Waals surface area contributed by atoms with Crippen molar-refractivity contribution >= 4 is 0 Å². The predicted molar refractivity (Wildman–Crippen MR) is 50.9 cm³/mol. The van der Waals surface area contributed by atoms with Crippen LogP contribution in [-0.4, -0.2) is 47.9 Å². The molecule has 0 saturated heterocycles. The van der Waals surface area contributed by atoms with Crippen LogP contribution in [-0.2, 0) is 0 Å². The molecule has 0 atom stereocenters. The van der Waals surface area contributed by atoms with E-state index in [2.05, 4.69) is 0 Å². The van der Waals surface area contributed by atoms with Gasteiger partial charge < -0.3 is 0 Å². The van der Waals surface area contributed by atoms with Gasteiger partial charge in [0.15, 0.2) is 0 Å². The van der Waals surface area contributed by atoms with Crippen LogP contribution in [0.15, 0.2) is 12.2 Å². The van der Waals surface area contributed by atoms with E-state index in [-0.39, 0.29) is 0 Å². The van der Waals surface area contributed by atoms with Crippen molar-refractivity contribution in [2.75, 3.05) is 0 Å². The maximum atomic E-state index is 13.1. The summed E-state index contributed by atoms with van der Waals surface area (Å²) in [6, 6.07) is 0.